The second kappa shape index (κ2) is 8.38. The Balaban J connectivity index is 1.76. The molecule has 0 unspecified atom stereocenters. The molecule has 2 amide bonds. The van der Waals surface area contributed by atoms with Crippen LogP contribution in [-0.4, -0.2) is 22.7 Å². The van der Waals surface area contributed by atoms with Gasteiger partial charge in [0.25, 0.3) is 11.1 Å². The normalized spacial score (nSPS) is 15.6. The standard InChI is InChI=1S/C20H16BrNO3S/c1-2-10-25-17-5-3-4-15(11-17)12-18-19(23)22(20(24)26-18)13-14-6-8-16(21)9-7-14/h2-9,11-12H,1,10,13H2/b18-12-. The highest BCUT2D eigenvalue weighted by Crippen LogP contribution is 2.33. The van der Waals surface area contributed by atoms with E-state index < -0.39 is 0 Å². The lowest BCUT2D eigenvalue weighted by molar-refractivity contribution is -0.123. The molecule has 1 aliphatic heterocycles. The number of carbonyl (C=O) groups excluding carboxylic acids is 2. The van der Waals surface area contributed by atoms with Crippen molar-refractivity contribution in [2.24, 2.45) is 0 Å². The number of thioether (sulfide) groups is 1. The Bertz CT molecular complexity index is 877. The predicted octanol–water partition coefficient (Wildman–Crippen LogP) is 5.25. The highest BCUT2D eigenvalue weighted by Gasteiger charge is 2.34. The molecule has 6 heteroatoms. The van der Waals surface area contributed by atoms with E-state index in [1.54, 1.807) is 12.2 Å². The maximum atomic E-state index is 12.6. The van der Waals surface area contributed by atoms with Gasteiger partial charge in [-0.3, -0.25) is 14.5 Å². The van der Waals surface area contributed by atoms with Gasteiger partial charge >= 0.3 is 0 Å². The van der Waals surface area contributed by atoms with Crippen molar-refractivity contribution in [2.45, 2.75) is 6.54 Å². The van der Waals surface area contributed by atoms with Crippen LogP contribution in [0.1, 0.15) is 11.1 Å². The van der Waals surface area contributed by atoms with Gasteiger partial charge in [0.05, 0.1) is 11.4 Å². The average molecular weight is 430 g/mol. The van der Waals surface area contributed by atoms with Crippen LogP contribution in [0, 0.1) is 0 Å². The predicted molar refractivity (Wildman–Crippen MR) is 108 cm³/mol. The van der Waals surface area contributed by atoms with E-state index in [-0.39, 0.29) is 17.7 Å². The molecule has 2 aromatic rings. The van der Waals surface area contributed by atoms with Crippen molar-refractivity contribution in [3.63, 3.8) is 0 Å². The van der Waals surface area contributed by atoms with Gasteiger partial charge in [-0.05, 0) is 53.2 Å². The second-order valence-electron chi connectivity index (χ2n) is 5.57. The first-order valence-electron chi connectivity index (χ1n) is 7.90. The van der Waals surface area contributed by atoms with Gasteiger partial charge in [-0.25, -0.2) is 0 Å². The molecule has 0 bridgehead atoms. The minimum absolute atomic E-state index is 0.261. The number of carbonyl (C=O) groups is 2. The molecule has 1 fully saturated rings. The molecule has 2 aromatic carbocycles. The SMILES string of the molecule is C=CCOc1cccc(/C=C2\SC(=O)N(Cc3ccc(Br)cc3)C2=O)c1. The van der Waals surface area contributed by atoms with E-state index >= 15 is 0 Å². The fraction of sp³-hybridized carbons (Fsp3) is 0.100. The van der Waals surface area contributed by atoms with Gasteiger partial charge in [0.15, 0.2) is 0 Å². The first-order chi connectivity index (χ1) is 12.6. The minimum atomic E-state index is -0.277. The van der Waals surface area contributed by atoms with E-state index in [4.69, 9.17) is 4.74 Å². The molecule has 4 nitrogen and oxygen atoms in total. The van der Waals surface area contributed by atoms with Gasteiger partial charge in [-0.15, -0.1) is 0 Å². The highest BCUT2D eigenvalue weighted by atomic mass is 79.9. The first kappa shape index (κ1) is 18.5. The number of imide groups is 1. The fourth-order valence-electron chi connectivity index (χ4n) is 2.41. The quantitative estimate of drug-likeness (QED) is 0.464. The number of hydrogen-bond acceptors (Lipinski definition) is 4. The summed E-state index contributed by atoms with van der Waals surface area (Å²) in [4.78, 5) is 26.5. The Morgan fingerprint density at radius 1 is 1.15 bits per heavy atom. The summed E-state index contributed by atoms with van der Waals surface area (Å²) in [6.07, 6.45) is 3.38. The maximum Gasteiger partial charge on any atom is 0.293 e. The lowest BCUT2D eigenvalue weighted by Crippen LogP contribution is -2.27. The third kappa shape index (κ3) is 4.45. The zero-order valence-electron chi connectivity index (χ0n) is 13.9. The van der Waals surface area contributed by atoms with E-state index in [0.717, 1.165) is 27.4 Å². The van der Waals surface area contributed by atoms with Crippen molar-refractivity contribution in [1.82, 2.24) is 4.90 Å². The Morgan fingerprint density at radius 2 is 1.92 bits per heavy atom. The molecule has 0 N–H and O–H groups in total. The third-order valence-electron chi connectivity index (χ3n) is 3.65. The molecule has 0 saturated carbocycles. The molecule has 0 radical (unpaired) electrons. The number of ether oxygens (including phenoxy) is 1. The van der Waals surface area contributed by atoms with Crippen molar-refractivity contribution in [3.05, 3.63) is 81.7 Å². The van der Waals surface area contributed by atoms with Gasteiger partial charge in [0.1, 0.15) is 12.4 Å². The first-order valence-corrected chi connectivity index (χ1v) is 9.51. The Kier molecular flexibility index (Phi) is 5.96. The Morgan fingerprint density at radius 3 is 2.65 bits per heavy atom. The molecule has 1 saturated heterocycles. The summed E-state index contributed by atoms with van der Waals surface area (Å²) < 4.78 is 6.45. The summed E-state index contributed by atoms with van der Waals surface area (Å²) in [6.45, 7) is 4.29. The van der Waals surface area contributed by atoms with Crippen LogP contribution < -0.4 is 4.74 Å². The molecule has 0 atom stereocenters. The van der Waals surface area contributed by atoms with Crippen molar-refractivity contribution in [2.75, 3.05) is 6.61 Å². The van der Waals surface area contributed by atoms with E-state index in [2.05, 4.69) is 22.5 Å². The van der Waals surface area contributed by atoms with Gasteiger partial charge in [0, 0.05) is 4.47 Å². The minimum Gasteiger partial charge on any atom is -0.490 e. The molecular formula is C20H16BrNO3S. The van der Waals surface area contributed by atoms with Crippen molar-refractivity contribution in [3.8, 4) is 5.75 Å². The molecule has 0 spiro atoms. The summed E-state index contributed by atoms with van der Waals surface area (Å²) in [5.74, 6) is 0.410. The molecular weight excluding hydrogens is 414 g/mol. The number of hydrogen-bond donors (Lipinski definition) is 0. The number of halogens is 1. The van der Waals surface area contributed by atoms with Crippen LogP contribution in [0.5, 0.6) is 5.75 Å². The van der Waals surface area contributed by atoms with Crippen LogP contribution in [-0.2, 0) is 11.3 Å². The number of nitrogens with zero attached hydrogens (tertiary/aromatic N) is 1. The monoisotopic (exact) mass is 429 g/mol. The van der Waals surface area contributed by atoms with Crippen LogP contribution in [0.15, 0.2) is 70.6 Å². The zero-order valence-corrected chi connectivity index (χ0v) is 16.3. The molecule has 0 aromatic heterocycles. The zero-order chi connectivity index (χ0) is 18.5. The van der Waals surface area contributed by atoms with Crippen LogP contribution >= 0.6 is 27.7 Å². The molecule has 1 aliphatic rings. The molecule has 0 aliphatic carbocycles. The van der Waals surface area contributed by atoms with Crippen LogP contribution in [0.4, 0.5) is 4.79 Å². The smallest absolute Gasteiger partial charge is 0.293 e. The summed E-state index contributed by atoms with van der Waals surface area (Å²) in [6, 6.07) is 14.9. The Hall–Kier alpha value is -2.31. The van der Waals surface area contributed by atoms with Crippen LogP contribution in [0.3, 0.4) is 0 Å². The summed E-state index contributed by atoms with van der Waals surface area (Å²) in [7, 11) is 0. The molecule has 1 heterocycles. The molecule has 26 heavy (non-hydrogen) atoms. The van der Waals surface area contributed by atoms with E-state index in [0.29, 0.717) is 17.3 Å². The maximum absolute atomic E-state index is 12.6. The van der Waals surface area contributed by atoms with Gasteiger partial charge in [-0.1, -0.05) is 52.9 Å². The summed E-state index contributed by atoms with van der Waals surface area (Å²) in [5, 5.41) is -0.261. The van der Waals surface area contributed by atoms with Crippen molar-refractivity contribution in [1.29, 1.82) is 0 Å². The summed E-state index contributed by atoms with van der Waals surface area (Å²) in [5.41, 5.74) is 1.71. The summed E-state index contributed by atoms with van der Waals surface area (Å²) >= 11 is 4.33. The van der Waals surface area contributed by atoms with Crippen molar-refractivity contribution < 1.29 is 14.3 Å². The average Bonchev–Trinajstić information content (AvgIpc) is 2.89. The van der Waals surface area contributed by atoms with Crippen LogP contribution in [0.2, 0.25) is 0 Å². The number of amides is 2. The van der Waals surface area contributed by atoms with E-state index in [9.17, 15) is 9.59 Å². The van der Waals surface area contributed by atoms with Gasteiger partial charge < -0.3 is 4.74 Å². The number of rotatable bonds is 6. The Labute approximate surface area is 164 Å². The topological polar surface area (TPSA) is 46.6 Å². The third-order valence-corrected chi connectivity index (χ3v) is 5.09. The highest BCUT2D eigenvalue weighted by molar-refractivity contribution is 9.10. The van der Waals surface area contributed by atoms with Gasteiger partial charge in [-0.2, -0.15) is 0 Å². The van der Waals surface area contributed by atoms with E-state index in [1.807, 2.05) is 48.5 Å². The second-order valence-corrected chi connectivity index (χ2v) is 7.48. The lowest BCUT2D eigenvalue weighted by atomic mass is 10.2. The fourth-order valence-corrected chi connectivity index (χ4v) is 3.51. The lowest BCUT2D eigenvalue weighted by Gasteiger charge is -2.12. The molecule has 3 rings (SSSR count). The van der Waals surface area contributed by atoms with Crippen molar-refractivity contribution >= 4 is 44.9 Å². The van der Waals surface area contributed by atoms with E-state index in [1.165, 1.54) is 4.90 Å². The molecule has 132 valence electrons. The number of benzene rings is 2. The van der Waals surface area contributed by atoms with Gasteiger partial charge in [0.2, 0.25) is 0 Å². The largest absolute Gasteiger partial charge is 0.490 e. The van der Waals surface area contributed by atoms with Crippen LogP contribution in [0.25, 0.3) is 6.08 Å².